The van der Waals surface area contributed by atoms with Crippen molar-refractivity contribution in [1.82, 2.24) is 20.9 Å². The Labute approximate surface area is 193 Å². The first-order valence-electron chi connectivity index (χ1n) is 9.85. The number of aromatic nitrogens is 1. The molecule has 1 aromatic carbocycles. The van der Waals surface area contributed by atoms with Gasteiger partial charge < -0.3 is 36.9 Å². The van der Waals surface area contributed by atoms with Gasteiger partial charge in [0, 0.05) is 29.3 Å². The molecule has 3 unspecified atom stereocenters. The Kier molecular flexibility index (Phi) is 9.24. The van der Waals surface area contributed by atoms with Gasteiger partial charge in [-0.2, -0.15) is 12.6 Å². The fourth-order valence-electron chi connectivity index (χ4n) is 3.00. The molecule has 33 heavy (non-hydrogen) atoms. The van der Waals surface area contributed by atoms with Crippen LogP contribution in [0.4, 0.5) is 0 Å². The maximum atomic E-state index is 12.3. The number of benzene rings is 1. The third kappa shape index (κ3) is 7.50. The highest BCUT2D eigenvalue weighted by Gasteiger charge is 2.27. The molecule has 1 aromatic heterocycles. The number of rotatable bonds is 12. The Morgan fingerprint density at radius 1 is 1.03 bits per heavy atom. The second kappa shape index (κ2) is 11.9. The van der Waals surface area contributed by atoms with Crippen LogP contribution in [0.15, 0.2) is 30.5 Å². The first kappa shape index (κ1) is 25.7. The Hall–Kier alpha value is -3.58. The van der Waals surface area contributed by atoms with Crippen molar-refractivity contribution in [2.45, 2.75) is 31.0 Å². The normalized spacial score (nSPS) is 13.5. The first-order chi connectivity index (χ1) is 15.6. The number of nitrogens with one attached hydrogen (secondary N) is 4. The summed E-state index contributed by atoms with van der Waals surface area (Å²) in [6, 6.07) is 3.48. The molecule has 0 aliphatic heterocycles. The van der Waals surface area contributed by atoms with Crippen molar-refractivity contribution in [1.29, 1.82) is 0 Å². The first-order valence-corrected chi connectivity index (χ1v) is 10.5. The Balaban J connectivity index is 1.97. The van der Waals surface area contributed by atoms with Crippen LogP contribution in [0.3, 0.4) is 0 Å². The van der Waals surface area contributed by atoms with Crippen LogP contribution in [-0.2, 0) is 30.4 Å². The molecule has 0 radical (unpaired) electrons. The number of H-pyrrole nitrogens is 1. The number of amides is 3. The number of nitrogens with two attached hydrogens (primary N) is 1. The van der Waals surface area contributed by atoms with E-state index in [4.69, 9.17) is 10.8 Å². The zero-order valence-corrected chi connectivity index (χ0v) is 18.3. The van der Waals surface area contributed by atoms with Crippen LogP contribution in [0, 0.1) is 0 Å². The quantitative estimate of drug-likeness (QED) is 0.170. The number of hydrogen-bond donors (Lipinski definition) is 8. The minimum absolute atomic E-state index is 0.00164. The van der Waals surface area contributed by atoms with Gasteiger partial charge in [-0.3, -0.25) is 19.2 Å². The predicted molar refractivity (Wildman–Crippen MR) is 121 cm³/mol. The van der Waals surface area contributed by atoms with Crippen LogP contribution < -0.4 is 21.7 Å². The molecule has 1 heterocycles. The fourth-order valence-corrected chi connectivity index (χ4v) is 3.17. The lowest BCUT2D eigenvalue weighted by atomic mass is 10.0. The third-order valence-corrected chi connectivity index (χ3v) is 5.09. The molecule has 0 spiro atoms. The van der Waals surface area contributed by atoms with Gasteiger partial charge in [0.15, 0.2) is 0 Å². The fraction of sp³-hybridized carbons (Fsp3) is 0.350. The largest absolute Gasteiger partial charge is 0.481 e. The van der Waals surface area contributed by atoms with E-state index in [2.05, 4.69) is 33.6 Å². The minimum atomic E-state index is -1.48. The van der Waals surface area contributed by atoms with Crippen molar-refractivity contribution >= 4 is 53.2 Å². The topological polar surface area (TPSA) is 204 Å². The van der Waals surface area contributed by atoms with Crippen LogP contribution in [0.1, 0.15) is 12.0 Å². The van der Waals surface area contributed by atoms with Gasteiger partial charge >= 0.3 is 11.9 Å². The monoisotopic (exact) mass is 479 g/mol. The highest BCUT2D eigenvalue weighted by molar-refractivity contribution is 7.80. The third-order valence-electron chi connectivity index (χ3n) is 4.70. The van der Waals surface area contributed by atoms with E-state index in [-0.39, 0.29) is 12.2 Å². The van der Waals surface area contributed by atoms with E-state index in [1.165, 1.54) is 0 Å². The number of hydrogen-bond acceptors (Lipinski definition) is 7. The van der Waals surface area contributed by atoms with Crippen molar-refractivity contribution in [2.24, 2.45) is 5.73 Å². The summed E-state index contributed by atoms with van der Waals surface area (Å²) in [4.78, 5) is 62.1. The lowest BCUT2D eigenvalue weighted by Crippen LogP contribution is -2.54. The molecular weight excluding hydrogens is 454 g/mol. The summed E-state index contributed by atoms with van der Waals surface area (Å²) in [5.74, 6) is -5.16. The Morgan fingerprint density at radius 2 is 1.73 bits per heavy atom. The van der Waals surface area contributed by atoms with Crippen LogP contribution in [0.2, 0.25) is 0 Å². The van der Waals surface area contributed by atoms with E-state index in [1.807, 2.05) is 18.2 Å². The van der Waals surface area contributed by atoms with Gasteiger partial charge in [-0.15, -0.1) is 0 Å². The van der Waals surface area contributed by atoms with Crippen molar-refractivity contribution < 1.29 is 34.2 Å². The maximum Gasteiger partial charge on any atom is 0.326 e. The molecule has 0 aliphatic rings. The molecule has 12 nitrogen and oxygen atoms in total. The SMILES string of the molecule is NC(CS)C(=O)NC(CC(=O)O)C(=O)NCC(=O)NC(Cc1c[nH]c2ccccc12)C(=O)O. The lowest BCUT2D eigenvalue weighted by molar-refractivity contribution is -0.142. The number of carbonyl (C=O) groups excluding carboxylic acids is 3. The second-order valence-corrected chi connectivity index (χ2v) is 7.55. The molecule has 0 saturated carbocycles. The highest BCUT2D eigenvalue weighted by Crippen LogP contribution is 2.19. The molecule has 0 saturated heterocycles. The smallest absolute Gasteiger partial charge is 0.326 e. The number of thiol groups is 1. The van der Waals surface area contributed by atoms with Crippen LogP contribution in [0.25, 0.3) is 10.9 Å². The number of carboxylic acids is 2. The number of carbonyl (C=O) groups is 5. The van der Waals surface area contributed by atoms with E-state index in [0.717, 1.165) is 10.9 Å². The van der Waals surface area contributed by atoms with Gasteiger partial charge in [0.05, 0.1) is 19.0 Å². The summed E-state index contributed by atoms with van der Waals surface area (Å²) < 4.78 is 0. The zero-order chi connectivity index (χ0) is 24.5. The van der Waals surface area contributed by atoms with Gasteiger partial charge in [-0.1, -0.05) is 18.2 Å². The van der Waals surface area contributed by atoms with Gasteiger partial charge in [0.1, 0.15) is 12.1 Å². The second-order valence-electron chi connectivity index (χ2n) is 7.19. The summed E-state index contributed by atoms with van der Waals surface area (Å²) >= 11 is 3.86. The highest BCUT2D eigenvalue weighted by atomic mass is 32.1. The maximum absolute atomic E-state index is 12.3. The number of carboxylic acid groups (broad SMARTS) is 2. The number of aromatic amines is 1. The van der Waals surface area contributed by atoms with Crippen molar-refractivity contribution in [2.75, 3.05) is 12.3 Å². The predicted octanol–water partition coefficient (Wildman–Crippen LogP) is -1.39. The Bertz CT molecular complexity index is 1040. The molecule has 0 aliphatic carbocycles. The van der Waals surface area contributed by atoms with E-state index < -0.39 is 60.8 Å². The summed E-state index contributed by atoms with van der Waals surface area (Å²) in [7, 11) is 0. The molecule has 13 heteroatoms. The molecule has 2 aromatic rings. The molecule has 8 N–H and O–H groups in total. The van der Waals surface area contributed by atoms with E-state index in [1.54, 1.807) is 12.3 Å². The van der Waals surface area contributed by atoms with Gasteiger partial charge in [0.2, 0.25) is 17.7 Å². The van der Waals surface area contributed by atoms with Crippen molar-refractivity contribution in [3.8, 4) is 0 Å². The standard InChI is InChI=1S/C20H25N5O7S/c21-12(9-33)18(29)25-14(6-17(27)28)19(30)23-8-16(26)24-15(20(31)32)5-10-7-22-13-4-2-1-3-11(10)13/h1-4,7,12,14-15,22,33H,5-6,8-9,21H2,(H,23,30)(H,24,26)(H,25,29)(H,27,28)(H,31,32). The van der Waals surface area contributed by atoms with Crippen LogP contribution in [-0.4, -0.2) is 75.3 Å². The molecule has 3 atom stereocenters. The molecule has 178 valence electrons. The number of aliphatic carboxylic acids is 2. The van der Waals surface area contributed by atoms with Crippen molar-refractivity contribution in [3.05, 3.63) is 36.0 Å². The summed E-state index contributed by atoms with van der Waals surface area (Å²) in [5.41, 5.74) is 7.01. The van der Waals surface area contributed by atoms with Crippen molar-refractivity contribution in [3.63, 3.8) is 0 Å². The summed E-state index contributed by atoms with van der Waals surface area (Å²) in [5, 5.41) is 26.0. The Morgan fingerprint density at radius 3 is 2.36 bits per heavy atom. The molecule has 3 amide bonds. The van der Waals surface area contributed by atoms with Crippen LogP contribution >= 0.6 is 12.6 Å². The average molecular weight is 480 g/mol. The van der Waals surface area contributed by atoms with E-state index >= 15 is 0 Å². The summed E-state index contributed by atoms with van der Waals surface area (Å²) in [6.07, 6.45) is 0.915. The number of fused-ring (bicyclic) bond motifs is 1. The van der Waals surface area contributed by atoms with Gasteiger partial charge in [0.25, 0.3) is 0 Å². The summed E-state index contributed by atoms with van der Waals surface area (Å²) in [6.45, 7) is -0.624. The van der Waals surface area contributed by atoms with Gasteiger partial charge in [-0.05, 0) is 11.6 Å². The van der Waals surface area contributed by atoms with Crippen LogP contribution in [0.5, 0.6) is 0 Å². The van der Waals surface area contributed by atoms with E-state index in [0.29, 0.717) is 5.56 Å². The minimum Gasteiger partial charge on any atom is -0.481 e. The van der Waals surface area contributed by atoms with Gasteiger partial charge in [-0.25, -0.2) is 4.79 Å². The zero-order valence-electron chi connectivity index (χ0n) is 17.4. The molecular formula is C20H25N5O7S. The number of para-hydroxylation sites is 1. The average Bonchev–Trinajstić information content (AvgIpc) is 3.18. The molecule has 0 fully saturated rings. The lowest BCUT2D eigenvalue weighted by Gasteiger charge is -2.19. The van der Waals surface area contributed by atoms with E-state index in [9.17, 15) is 29.1 Å². The molecule has 0 bridgehead atoms. The molecule has 2 rings (SSSR count).